The molecule has 2 aliphatic heterocycles. The number of carbonyl (C=O) groups is 2. The smallest absolute Gasteiger partial charge is 0.328 e. The van der Waals surface area contributed by atoms with E-state index in [2.05, 4.69) is 25.7 Å². The minimum absolute atomic E-state index is 0.0724. The van der Waals surface area contributed by atoms with Crippen molar-refractivity contribution in [3.63, 3.8) is 0 Å². The second-order valence-electron chi connectivity index (χ2n) is 6.55. The molecule has 0 spiro atoms. The Labute approximate surface area is 125 Å². The van der Waals surface area contributed by atoms with Crippen LogP contribution in [0.3, 0.4) is 0 Å². The Morgan fingerprint density at radius 3 is 2.24 bits per heavy atom. The van der Waals surface area contributed by atoms with E-state index in [-0.39, 0.29) is 18.2 Å². The zero-order valence-corrected chi connectivity index (χ0v) is 13.0. The van der Waals surface area contributed by atoms with Crippen LogP contribution in [-0.4, -0.2) is 89.3 Å². The molecule has 2 amide bonds. The molecule has 0 aromatic rings. The molecule has 0 aromatic heterocycles. The number of nitrogens with zero attached hydrogens (tertiary/aromatic N) is 3. The van der Waals surface area contributed by atoms with Crippen LogP contribution >= 0.6 is 0 Å². The van der Waals surface area contributed by atoms with Crippen LogP contribution in [0, 0.1) is 0 Å². The van der Waals surface area contributed by atoms with Crippen molar-refractivity contribution >= 4 is 12.0 Å². The molecule has 0 bridgehead atoms. The van der Waals surface area contributed by atoms with Gasteiger partial charge in [-0.3, -0.25) is 4.90 Å². The van der Waals surface area contributed by atoms with Crippen LogP contribution in [0.1, 0.15) is 20.8 Å². The summed E-state index contributed by atoms with van der Waals surface area (Å²) in [6.07, 6.45) is 0. The maximum absolute atomic E-state index is 12.5. The first-order valence-electron chi connectivity index (χ1n) is 7.42. The van der Waals surface area contributed by atoms with Crippen LogP contribution in [0.25, 0.3) is 0 Å². The Balaban J connectivity index is 1.96. The van der Waals surface area contributed by atoms with Crippen LogP contribution in [0.4, 0.5) is 4.79 Å². The van der Waals surface area contributed by atoms with Gasteiger partial charge in [0.2, 0.25) is 0 Å². The number of carboxylic acid groups (broad SMARTS) is 1. The summed E-state index contributed by atoms with van der Waals surface area (Å²) < 4.78 is 5.17. The van der Waals surface area contributed by atoms with Crippen LogP contribution in [0.5, 0.6) is 0 Å². The highest BCUT2D eigenvalue weighted by Gasteiger charge is 2.36. The van der Waals surface area contributed by atoms with Crippen molar-refractivity contribution in [1.29, 1.82) is 0 Å². The Bertz CT molecular complexity index is 400. The lowest BCUT2D eigenvalue weighted by Crippen LogP contribution is -2.61. The van der Waals surface area contributed by atoms with Gasteiger partial charge in [0.25, 0.3) is 0 Å². The molecule has 2 saturated heterocycles. The molecule has 7 nitrogen and oxygen atoms in total. The van der Waals surface area contributed by atoms with E-state index in [1.807, 2.05) is 0 Å². The van der Waals surface area contributed by atoms with E-state index in [4.69, 9.17) is 4.74 Å². The normalized spacial score (nSPS) is 25.0. The van der Waals surface area contributed by atoms with Gasteiger partial charge in [0, 0.05) is 38.3 Å². The summed E-state index contributed by atoms with van der Waals surface area (Å²) >= 11 is 0. The highest BCUT2D eigenvalue weighted by atomic mass is 16.5. The number of carbonyl (C=O) groups excluding carboxylic acids is 1. The number of aliphatic carboxylic acids is 1. The molecule has 21 heavy (non-hydrogen) atoms. The Kier molecular flexibility index (Phi) is 4.73. The highest BCUT2D eigenvalue weighted by Crippen LogP contribution is 2.18. The number of morpholine rings is 1. The summed E-state index contributed by atoms with van der Waals surface area (Å²) in [7, 11) is 0. The number of amides is 2. The Morgan fingerprint density at radius 2 is 1.71 bits per heavy atom. The number of rotatable bonds is 1. The van der Waals surface area contributed by atoms with Crippen LogP contribution in [-0.2, 0) is 9.53 Å². The van der Waals surface area contributed by atoms with Gasteiger partial charge in [-0.1, -0.05) is 0 Å². The van der Waals surface area contributed by atoms with Crippen molar-refractivity contribution in [3.8, 4) is 0 Å². The molecule has 0 aromatic carbocycles. The minimum atomic E-state index is -1.00. The molecule has 0 aliphatic carbocycles. The first-order valence-corrected chi connectivity index (χ1v) is 7.42. The Morgan fingerprint density at radius 1 is 1.10 bits per heavy atom. The second-order valence-corrected chi connectivity index (χ2v) is 6.55. The van der Waals surface area contributed by atoms with Crippen LogP contribution in [0.2, 0.25) is 0 Å². The van der Waals surface area contributed by atoms with E-state index in [0.717, 1.165) is 13.1 Å². The van der Waals surface area contributed by atoms with Gasteiger partial charge in [0.05, 0.1) is 13.2 Å². The fourth-order valence-electron chi connectivity index (χ4n) is 2.79. The molecular formula is C14H25N3O4. The summed E-state index contributed by atoms with van der Waals surface area (Å²) in [4.78, 5) is 29.3. The largest absolute Gasteiger partial charge is 0.480 e. The van der Waals surface area contributed by atoms with Gasteiger partial charge in [0.15, 0.2) is 6.04 Å². The van der Waals surface area contributed by atoms with Gasteiger partial charge < -0.3 is 19.6 Å². The Hall–Kier alpha value is -1.34. The molecule has 2 fully saturated rings. The third-order valence-corrected chi connectivity index (χ3v) is 4.16. The number of urea groups is 1. The molecule has 120 valence electrons. The fourth-order valence-corrected chi connectivity index (χ4v) is 2.79. The number of hydrogen-bond donors (Lipinski definition) is 1. The van der Waals surface area contributed by atoms with Gasteiger partial charge in [-0.15, -0.1) is 0 Å². The number of piperazine rings is 1. The average Bonchev–Trinajstić information content (AvgIpc) is 2.45. The lowest BCUT2D eigenvalue weighted by Gasteiger charge is -2.44. The SMILES string of the molecule is CC(C)(C)N1CCN(C(=O)N2CCOCC2C(=O)O)CC1. The van der Waals surface area contributed by atoms with E-state index >= 15 is 0 Å². The van der Waals surface area contributed by atoms with Crippen molar-refractivity contribution in [2.75, 3.05) is 45.9 Å². The fraction of sp³-hybridized carbons (Fsp3) is 0.857. The van der Waals surface area contributed by atoms with Gasteiger partial charge in [0.1, 0.15) is 0 Å². The van der Waals surface area contributed by atoms with E-state index in [1.54, 1.807) is 4.90 Å². The van der Waals surface area contributed by atoms with E-state index in [1.165, 1.54) is 4.90 Å². The number of carboxylic acids is 1. The minimum Gasteiger partial charge on any atom is -0.480 e. The predicted octanol–water partition coefficient (Wildman–Crippen LogP) is 0.308. The van der Waals surface area contributed by atoms with Crippen LogP contribution in [0.15, 0.2) is 0 Å². The second kappa shape index (κ2) is 6.19. The van der Waals surface area contributed by atoms with E-state index in [0.29, 0.717) is 26.2 Å². The molecule has 1 unspecified atom stereocenters. The molecule has 2 heterocycles. The summed E-state index contributed by atoms with van der Waals surface area (Å²) in [5, 5.41) is 9.20. The predicted molar refractivity (Wildman–Crippen MR) is 77.2 cm³/mol. The number of ether oxygens (including phenoxy) is 1. The zero-order valence-electron chi connectivity index (χ0n) is 13.0. The van der Waals surface area contributed by atoms with Gasteiger partial charge >= 0.3 is 12.0 Å². The van der Waals surface area contributed by atoms with Crippen molar-refractivity contribution in [2.45, 2.75) is 32.4 Å². The highest BCUT2D eigenvalue weighted by molar-refractivity contribution is 5.83. The van der Waals surface area contributed by atoms with Gasteiger partial charge in [-0.25, -0.2) is 9.59 Å². The topological polar surface area (TPSA) is 73.3 Å². The third-order valence-electron chi connectivity index (χ3n) is 4.16. The standard InChI is InChI=1S/C14H25N3O4/c1-14(2,3)16-6-4-15(5-7-16)13(20)17-8-9-21-10-11(17)12(18)19/h11H,4-10H2,1-3H3,(H,18,19). The molecular weight excluding hydrogens is 274 g/mol. The molecule has 2 aliphatic rings. The van der Waals surface area contributed by atoms with Gasteiger partial charge in [-0.2, -0.15) is 0 Å². The van der Waals surface area contributed by atoms with Crippen LogP contribution < -0.4 is 0 Å². The van der Waals surface area contributed by atoms with Crippen molar-refractivity contribution in [1.82, 2.24) is 14.7 Å². The summed E-state index contributed by atoms with van der Waals surface area (Å²) in [5.41, 5.74) is 0.0949. The molecule has 0 saturated carbocycles. The summed E-state index contributed by atoms with van der Waals surface area (Å²) in [6.45, 7) is 10.2. The zero-order chi connectivity index (χ0) is 15.6. The summed E-state index contributed by atoms with van der Waals surface area (Å²) in [6, 6.07) is -1.05. The molecule has 0 radical (unpaired) electrons. The average molecular weight is 299 g/mol. The lowest BCUT2D eigenvalue weighted by molar-refractivity contribution is -0.147. The van der Waals surface area contributed by atoms with Crippen molar-refractivity contribution in [2.24, 2.45) is 0 Å². The quantitative estimate of drug-likeness (QED) is 0.754. The maximum Gasteiger partial charge on any atom is 0.328 e. The molecule has 7 heteroatoms. The first-order chi connectivity index (χ1) is 9.80. The lowest BCUT2D eigenvalue weighted by atomic mass is 10.1. The van der Waals surface area contributed by atoms with E-state index in [9.17, 15) is 14.7 Å². The number of hydrogen-bond acceptors (Lipinski definition) is 4. The van der Waals surface area contributed by atoms with E-state index < -0.39 is 12.0 Å². The monoisotopic (exact) mass is 299 g/mol. The maximum atomic E-state index is 12.5. The third kappa shape index (κ3) is 3.65. The van der Waals surface area contributed by atoms with Gasteiger partial charge in [-0.05, 0) is 20.8 Å². The summed E-state index contributed by atoms with van der Waals surface area (Å²) in [5.74, 6) is -1.00. The van der Waals surface area contributed by atoms with Crippen molar-refractivity contribution < 1.29 is 19.4 Å². The van der Waals surface area contributed by atoms with Crippen molar-refractivity contribution in [3.05, 3.63) is 0 Å². The molecule has 2 rings (SSSR count). The first kappa shape index (κ1) is 16.0. The molecule has 1 N–H and O–H groups in total. The molecule has 1 atom stereocenters.